The molecule has 2 nitrogen and oxygen atoms in total. The van der Waals surface area contributed by atoms with Gasteiger partial charge < -0.3 is 9.47 Å². The van der Waals surface area contributed by atoms with Gasteiger partial charge in [-0.15, -0.1) is 0 Å². The van der Waals surface area contributed by atoms with Crippen LogP contribution in [0.25, 0.3) is 6.08 Å². The maximum atomic E-state index is 5.75. The number of benzene rings is 1. The highest BCUT2D eigenvalue weighted by Gasteiger charge is 2.15. The Kier molecular flexibility index (Phi) is 5.34. The van der Waals surface area contributed by atoms with Crippen LogP contribution >= 0.6 is 31.9 Å². The third kappa shape index (κ3) is 3.76. The van der Waals surface area contributed by atoms with Gasteiger partial charge in [-0.25, -0.2) is 0 Å². The summed E-state index contributed by atoms with van der Waals surface area (Å²) in [6.07, 6.45) is 3.13. The lowest BCUT2D eigenvalue weighted by molar-refractivity contribution is 0.296. The number of allylic oxidation sites excluding steroid dienone is 1. The van der Waals surface area contributed by atoms with Crippen LogP contribution in [-0.2, 0) is 0 Å². The molecule has 0 bridgehead atoms. The first-order valence-corrected chi connectivity index (χ1v) is 8.39. The van der Waals surface area contributed by atoms with Crippen molar-refractivity contribution in [2.75, 3.05) is 18.5 Å². The number of hydrogen-bond acceptors (Lipinski definition) is 2. The fourth-order valence-corrected chi connectivity index (χ4v) is 3.29. The van der Waals surface area contributed by atoms with Crippen molar-refractivity contribution in [1.82, 2.24) is 0 Å². The van der Waals surface area contributed by atoms with Crippen LogP contribution in [0.4, 0.5) is 0 Å². The van der Waals surface area contributed by atoms with Crippen LogP contribution < -0.4 is 9.47 Å². The molecule has 0 amide bonds. The van der Waals surface area contributed by atoms with E-state index in [0.29, 0.717) is 19.1 Å². The van der Waals surface area contributed by atoms with E-state index in [1.165, 1.54) is 5.57 Å². The molecule has 1 aliphatic rings. The minimum Gasteiger partial charge on any atom is -0.489 e. The predicted molar refractivity (Wildman–Crippen MR) is 86.4 cm³/mol. The minimum absolute atomic E-state index is 0.522. The average Bonchev–Trinajstić information content (AvgIpc) is 2.61. The smallest absolute Gasteiger partial charge is 0.175 e. The van der Waals surface area contributed by atoms with Gasteiger partial charge in [0.25, 0.3) is 0 Å². The van der Waals surface area contributed by atoms with Gasteiger partial charge in [-0.05, 0) is 39.5 Å². The molecule has 0 saturated carbocycles. The Hall–Kier alpha value is -0.480. The second kappa shape index (κ2) is 6.80. The van der Waals surface area contributed by atoms with E-state index in [-0.39, 0.29) is 0 Å². The van der Waals surface area contributed by atoms with Crippen molar-refractivity contribution in [1.29, 1.82) is 0 Å². The van der Waals surface area contributed by atoms with Crippen LogP contribution in [0.3, 0.4) is 0 Å². The van der Waals surface area contributed by atoms with E-state index in [1.54, 1.807) is 0 Å². The van der Waals surface area contributed by atoms with Crippen LogP contribution in [0.15, 0.2) is 22.2 Å². The summed E-state index contributed by atoms with van der Waals surface area (Å²) in [5, 5.41) is 0.886. The molecule has 0 spiro atoms. The fraction of sp³-hybridized carbons (Fsp3) is 0.467. The molecule has 0 radical (unpaired) electrons. The Balaban J connectivity index is 2.38. The molecule has 0 unspecified atom stereocenters. The molecule has 2 rings (SSSR count). The second-order valence-corrected chi connectivity index (χ2v) is 6.30. The molecule has 1 heterocycles. The molecule has 0 saturated heterocycles. The molecule has 4 heteroatoms. The van der Waals surface area contributed by atoms with Gasteiger partial charge >= 0.3 is 0 Å². The topological polar surface area (TPSA) is 18.5 Å². The van der Waals surface area contributed by atoms with E-state index in [4.69, 9.17) is 9.47 Å². The van der Waals surface area contributed by atoms with Gasteiger partial charge in [-0.3, -0.25) is 0 Å². The monoisotopic (exact) mass is 388 g/mol. The number of rotatable bonds is 3. The zero-order valence-electron chi connectivity index (χ0n) is 11.2. The summed E-state index contributed by atoms with van der Waals surface area (Å²) in [4.78, 5) is 0. The first-order chi connectivity index (χ1) is 9.11. The van der Waals surface area contributed by atoms with E-state index in [2.05, 4.69) is 63.9 Å². The van der Waals surface area contributed by atoms with Crippen molar-refractivity contribution in [2.24, 2.45) is 5.92 Å². The summed E-state index contributed by atoms with van der Waals surface area (Å²) in [6.45, 7) is 5.82. The van der Waals surface area contributed by atoms with Crippen molar-refractivity contribution in [3.8, 4) is 11.5 Å². The van der Waals surface area contributed by atoms with E-state index in [0.717, 1.165) is 33.3 Å². The summed E-state index contributed by atoms with van der Waals surface area (Å²) in [5.74, 6) is 2.17. The van der Waals surface area contributed by atoms with Crippen molar-refractivity contribution in [3.63, 3.8) is 0 Å². The highest BCUT2D eigenvalue weighted by molar-refractivity contribution is 9.10. The third-order valence-electron chi connectivity index (χ3n) is 3.07. The molecule has 1 aromatic rings. The molecule has 0 aromatic heterocycles. The van der Waals surface area contributed by atoms with Crippen LogP contribution in [0.1, 0.15) is 25.8 Å². The summed E-state index contributed by atoms with van der Waals surface area (Å²) < 4.78 is 12.4. The summed E-state index contributed by atoms with van der Waals surface area (Å²) in [5.41, 5.74) is 2.50. The van der Waals surface area contributed by atoms with Crippen LogP contribution in [0, 0.1) is 5.92 Å². The first kappa shape index (κ1) is 14.9. The zero-order chi connectivity index (χ0) is 13.8. The maximum absolute atomic E-state index is 5.75. The number of ether oxygens (including phenoxy) is 2. The van der Waals surface area contributed by atoms with Crippen LogP contribution in [0.5, 0.6) is 11.5 Å². The number of alkyl halides is 1. The number of fused-ring (bicyclic) bond motifs is 1. The summed E-state index contributed by atoms with van der Waals surface area (Å²) in [6, 6.07) is 4.13. The highest BCUT2D eigenvalue weighted by Crippen LogP contribution is 2.38. The lowest BCUT2D eigenvalue weighted by atomic mass is 10.0. The molecule has 0 fully saturated rings. The van der Waals surface area contributed by atoms with Crippen LogP contribution in [-0.4, -0.2) is 18.5 Å². The van der Waals surface area contributed by atoms with Crippen LogP contribution in [0.2, 0.25) is 0 Å². The lowest BCUT2D eigenvalue weighted by Crippen LogP contribution is -1.97. The van der Waals surface area contributed by atoms with Gasteiger partial charge in [0.2, 0.25) is 0 Å². The van der Waals surface area contributed by atoms with Gasteiger partial charge in [0, 0.05) is 11.8 Å². The Morgan fingerprint density at radius 3 is 2.74 bits per heavy atom. The lowest BCUT2D eigenvalue weighted by Gasteiger charge is -2.12. The second-order valence-electron chi connectivity index (χ2n) is 4.89. The largest absolute Gasteiger partial charge is 0.489 e. The highest BCUT2D eigenvalue weighted by atomic mass is 79.9. The molecule has 0 aliphatic carbocycles. The molecular formula is C15H18Br2O2. The standard InChI is InChI=1S/C15H18Br2O2/c1-10(2)12(9-16)6-11-7-13(17)15-14(8-11)18-4-3-5-19-15/h6-8,10H,3-5,9H2,1-2H3. The van der Waals surface area contributed by atoms with Crippen molar-refractivity contribution in [3.05, 3.63) is 27.7 Å². The molecule has 104 valence electrons. The predicted octanol–water partition coefficient (Wildman–Crippen LogP) is 5.04. The fourth-order valence-electron chi connectivity index (χ4n) is 1.91. The van der Waals surface area contributed by atoms with Gasteiger partial charge in [-0.2, -0.15) is 0 Å². The Bertz CT molecular complexity index is 481. The van der Waals surface area contributed by atoms with Crippen molar-refractivity contribution < 1.29 is 9.47 Å². The molecule has 1 aromatic carbocycles. The Morgan fingerprint density at radius 2 is 2.05 bits per heavy atom. The van der Waals surface area contributed by atoms with Gasteiger partial charge in [0.1, 0.15) is 0 Å². The Morgan fingerprint density at radius 1 is 1.32 bits per heavy atom. The van der Waals surface area contributed by atoms with Gasteiger partial charge in [-0.1, -0.05) is 41.4 Å². The van der Waals surface area contributed by atoms with E-state index >= 15 is 0 Å². The molecule has 0 atom stereocenters. The maximum Gasteiger partial charge on any atom is 0.175 e. The van der Waals surface area contributed by atoms with E-state index in [1.807, 2.05) is 0 Å². The number of hydrogen-bond donors (Lipinski definition) is 0. The quantitative estimate of drug-likeness (QED) is 0.673. The van der Waals surface area contributed by atoms with E-state index in [9.17, 15) is 0 Å². The van der Waals surface area contributed by atoms with Crippen molar-refractivity contribution >= 4 is 37.9 Å². The summed E-state index contributed by atoms with van der Waals surface area (Å²) >= 11 is 7.11. The van der Waals surface area contributed by atoms with Gasteiger partial charge in [0.05, 0.1) is 17.7 Å². The Labute approximate surface area is 131 Å². The number of halogens is 2. The normalized spacial score (nSPS) is 15.5. The zero-order valence-corrected chi connectivity index (χ0v) is 14.4. The molecule has 19 heavy (non-hydrogen) atoms. The molecular weight excluding hydrogens is 372 g/mol. The molecule has 1 aliphatic heterocycles. The first-order valence-electron chi connectivity index (χ1n) is 6.47. The SMILES string of the molecule is CC(C)C(=Cc1cc(Br)c2c(c1)OCCCO2)CBr. The summed E-state index contributed by atoms with van der Waals surface area (Å²) in [7, 11) is 0. The average molecular weight is 390 g/mol. The van der Waals surface area contributed by atoms with Gasteiger partial charge in [0.15, 0.2) is 11.5 Å². The molecule has 0 N–H and O–H groups in total. The van der Waals surface area contributed by atoms with E-state index < -0.39 is 0 Å². The van der Waals surface area contributed by atoms with Crippen molar-refractivity contribution in [2.45, 2.75) is 20.3 Å². The minimum atomic E-state index is 0.522. The third-order valence-corrected chi connectivity index (χ3v) is 4.31.